The highest BCUT2D eigenvalue weighted by atomic mass is 32.2. The average Bonchev–Trinajstić information content (AvgIpc) is 2.43. The van der Waals surface area contributed by atoms with Crippen LogP contribution in [0.1, 0.15) is 25.3 Å². The van der Waals surface area contributed by atoms with Crippen molar-refractivity contribution in [3.63, 3.8) is 0 Å². The number of sulfonamides is 1. The lowest BCUT2D eigenvalue weighted by Crippen LogP contribution is -2.39. The number of hydrogen-bond acceptors (Lipinski definition) is 3. The molecule has 124 valence electrons. The van der Waals surface area contributed by atoms with Gasteiger partial charge in [0.1, 0.15) is 5.82 Å². The van der Waals surface area contributed by atoms with Crippen molar-refractivity contribution in [1.82, 2.24) is 9.62 Å². The standard InChI is InChI=1S/C15H23FN2O3S/c1-3-4-10-18(22(2,20)21)11-9-17-15(19)12-13-7-5-6-8-14(13)16/h5-8H,3-4,9-12H2,1-2H3,(H,17,19). The number of unbranched alkanes of at least 4 members (excludes halogenated alkanes) is 1. The summed E-state index contributed by atoms with van der Waals surface area (Å²) in [5.74, 6) is -0.743. The summed E-state index contributed by atoms with van der Waals surface area (Å²) >= 11 is 0. The first-order valence-electron chi connectivity index (χ1n) is 7.29. The summed E-state index contributed by atoms with van der Waals surface area (Å²) in [6, 6.07) is 6.09. The summed E-state index contributed by atoms with van der Waals surface area (Å²) < 4.78 is 38.0. The van der Waals surface area contributed by atoms with Gasteiger partial charge in [-0.15, -0.1) is 0 Å². The Kier molecular flexibility index (Phi) is 7.47. The monoisotopic (exact) mass is 330 g/mol. The molecule has 0 aliphatic rings. The van der Waals surface area contributed by atoms with Crippen molar-refractivity contribution in [3.8, 4) is 0 Å². The number of carbonyl (C=O) groups excluding carboxylic acids is 1. The average molecular weight is 330 g/mol. The summed E-state index contributed by atoms with van der Waals surface area (Å²) in [6.07, 6.45) is 2.77. The largest absolute Gasteiger partial charge is 0.354 e. The second-order valence-electron chi connectivity index (χ2n) is 5.13. The summed E-state index contributed by atoms with van der Waals surface area (Å²) in [7, 11) is -3.28. The number of rotatable bonds is 9. The van der Waals surface area contributed by atoms with E-state index in [1.54, 1.807) is 18.2 Å². The predicted molar refractivity (Wildman–Crippen MR) is 84.4 cm³/mol. The fraction of sp³-hybridized carbons (Fsp3) is 0.533. The van der Waals surface area contributed by atoms with Crippen LogP contribution in [0, 0.1) is 5.82 Å². The molecule has 0 spiro atoms. The normalized spacial score (nSPS) is 11.6. The van der Waals surface area contributed by atoms with Crippen LogP contribution in [-0.2, 0) is 21.2 Å². The molecule has 5 nitrogen and oxygen atoms in total. The molecule has 0 aliphatic heterocycles. The summed E-state index contributed by atoms with van der Waals surface area (Å²) in [4.78, 5) is 11.8. The molecular weight excluding hydrogens is 307 g/mol. The van der Waals surface area contributed by atoms with Crippen LogP contribution < -0.4 is 5.32 Å². The molecule has 1 amide bonds. The highest BCUT2D eigenvalue weighted by molar-refractivity contribution is 7.88. The van der Waals surface area contributed by atoms with E-state index in [1.807, 2.05) is 6.92 Å². The lowest BCUT2D eigenvalue weighted by molar-refractivity contribution is -0.120. The van der Waals surface area contributed by atoms with E-state index in [0.717, 1.165) is 19.1 Å². The second kappa shape index (κ2) is 8.85. The van der Waals surface area contributed by atoms with Gasteiger partial charge in [-0.25, -0.2) is 17.1 Å². The molecule has 0 unspecified atom stereocenters. The van der Waals surface area contributed by atoms with Gasteiger partial charge in [-0.1, -0.05) is 31.5 Å². The van der Waals surface area contributed by atoms with Crippen molar-refractivity contribution >= 4 is 15.9 Å². The van der Waals surface area contributed by atoms with Gasteiger partial charge in [-0.3, -0.25) is 4.79 Å². The molecule has 1 aromatic rings. The zero-order valence-electron chi connectivity index (χ0n) is 13.0. The van der Waals surface area contributed by atoms with Gasteiger partial charge in [0.25, 0.3) is 0 Å². The van der Waals surface area contributed by atoms with Crippen LogP contribution >= 0.6 is 0 Å². The number of nitrogens with one attached hydrogen (secondary N) is 1. The molecule has 0 saturated carbocycles. The van der Waals surface area contributed by atoms with Crippen molar-refractivity contribution < 1.29 is 17.6 Å². The minimum atomic E-state index is -3.28. The van der Waals surface area contributed by atoms with Gasteiger partial charge >= 0.3 is 0 Å². The van der Waals surface area contributed by atoms with E-state index in [0.29, 0.717) is 12.1 Å². The number of hydrogen-bond donors (Lipinski definition) is 1. The van der Waals surface area contributed by atoms with Gasteiger partial charge in [0.15, 0.2) is 0 Å². The Morgan fingerprint density at radius 2 is 1.95 bits per heavy atom. The number of nitrogens with zero attached hydrogens (tertiary/aromatic N) is 1. The highest BCUT2D eigenvalue weighted by Gasteiger charge is 2.16. The van der Waals surface area contributed by atoms with Gasteiger partial charge in [-0.2, -0.15) is 0 Å². The molecule has 1 N–H and O–H groups in total. The van der Waals surface area contributed by atoms with Crippen molar-refractivity contribution in [2.45, 2.75) is 26.2 Å². The molecule has 0 radical (unpaired) electrons. The molecule has 0 heterocycles. The molecule has 1 rings (SSSR count). The first-order chi connectivity index (χ1) is 10.3. The van der Waals surface area contributed by atoms with E-state index >= 15 is 0 Å². The topological polar surface area (TPSA) is 66.5 Å². The maximum absolute atomic E-state index is 13.4. The van der Waals surface area contributed by atoms with Crippen LogP contribution in [0.15, 0.2) is 24.3 Å². The second-order valence-corrected chi connectivity index (χ2v) is 7.12. The quantitative estimate of drug-likeness (QED) is 0.747. The third kappa shape index (κ3) is 6.53. The number of carbonyl (C=O) groups is 1. The van der Waals surface area contributed by atoms with Crippen LogP contribution in [-0.4, -0.2) is 44.5 Å². The van der Waals surface area contributed by atoms with E-state index in [-0.39, 0.29) is 25.4 Å². The molecule has 0 saturated heterocycles. The summed E-state index contributed by atoms with van der Waals surface area (Å²) in [5, 5.41) is 2.63. The zero-order chi connectivity index (χ0) is 16.6. The Bertz CT molecular complexity index is 590. The summed E-state index contributed by atoms with van der Waals surface area (Å²) in [6.45, 7) is 2.86. The van der Waals surface area contributed by atoms with Crippen molar-refractivity contribution in [3.05, 3.63) is 35.6 Å². The highest BCUT2D eigenvalue weighted by Crippen LogP contribution is 2.06. The first kappa shape index (κ1) is 18.6. The van der Waals surface area contributed by atoms with E-state index in [2.05, 4.69) is 5.32 Å². The molecule has 0 aliphatic carbocycles. The maximum Gasteiger partial charge on any atom is 0.224 e. The fourth-order valence-corrected chi connectivity index (χ4v) is 2.86. The van der Waals surface area contributed by atoms with E-state index in [9.17, 15) is 17.6 Å². The smallest absolute Gasteiger partial charge is 0.224 e. The number of amides is 1. The van der Waals surface area contributed by atoms with E-state index in [4.69, 9.17) is 0 Å². The molecule has 7 heteroatoms. The molecule has 0 atom stereocenters. The lowest BCUT2D eigenvalue weighted by atomic mass is 10.1. The third-order valence-corrected chi connectivity index (χ3v) is 4.53. The van der Waals surface area contributed by atoms with Crippen molar-refractivity contribution in [2.24, 2.45) is 0 Å². The zero-order valence-corrected chi connectivity index (χ0v) is 13.8. The van der Waals surface area contributed by atoms with Crippen molar-refractivity contribution in [2.75, 3.05) is 25.9 Å². The number of halogens is 1. The van der Waals surface area contributed by atoms with Gasteiger partial charge in [0, 0.05) is 19.6 Å². The molecule has 0 fully saturated rings. The molecular formula is C15H23FN2O3S. The van der Waals surface area contributed by atoms with Crippen LogP contribution in [0.4, 0.5) is 4.39 Å². The SMILES string of the molecule is CCCCN(CCNC(=O)Cc1ccccc1F)S(C)(=O)=O. The molecule has 1 aromatic carbocycles. The van der Waals surface area contributed by atoms with E-state index in [1.165, 1.54) is 10.4 Å². The minimum absolute atomic E-state index is 0.0551. The van der Waals surface area contributed by atoms with Crippen LogP contribution in [0.2, 0.25) is 0 Å². The van der Waals surface area contributed by atoms with Crippen LogP contribution in [0.3, 0.4) is 0 Å². The van der Waals surface area contributed by atoms with Crippen molar-refractivity contribution in [1.29, 1.82) is 0 Å². The third-order valence-electron chi connectivity index (χ3n) is 3.22. The van der Waals surface area contributed by atoms with E-state index < -0.39 is 15.8 Å². The van der Waals surface area contributed by atoms with Gasteiger partial charge in [0.2, 0.25) is 15.9 Å². The Labute approximate surface area is 131 Å². The van der Waals surface area contributed by atoms with Crippen LogP contribution in [0.5, 0.6) is 0 Å². The lowest BCUT2D eigenvalue weighted by Gasteiger charge is -2.19. The Balaban J connectivity index is 2.44. The summed E-state index contributed by atoms with van der Waals surface area (Å²) in [5.41, 5.74) is 0.325. The molecule has 0 aromatic heterocycles. The van der Waals surface area contributed by atoms with Gasteiger partial charge in [0.05, 0.1) is 12.7 Å². The predicted octanol–water partition coefficient (Wildman–Crippen LogP) is 1.55. The Morgan fingerprint density at radius 3 is 2.55 bits per heavy atom. The van der Waals surface area contributed by atoms with Gasteiger partial charge < -0.3 is 5.32 Å². The Hall–Kier alpha value is -1.47. The molecule has 22 heavy (non-hydrogen) atoms. The number of benzene rings is 1. The van der Waals surface area contributed by atoms with Gasteiger partial charge in [-0.05, 0) is 18.1 Å². The van der Waals surface area contributed by atoms with Crippen LogP contribution in [0.25, 0.3) is 0 Å². The fourth-order valence-electron chi connectivity index (χ4n) is 1.98. The maximum atomic E-state index is 13.4. The first-order valence-corrected chi connectivity index (χ1v) is 9.14. The Morgan fingerprint density at radius 1 is 1.27 bits per heavy atom. The minimum Gasteiger partial charge on any atom is -0.354 e. The molecule has 0 bridgehead atoms.